The van der Waals surface area contributed by atoms with Crippen LogP contribution in [0, 0.1) is 6.92 Å². The molecule has 0 aliphatic carbocycles. The topological polar surface area (TPSA) is 74.3 Å². The second-order valence-electron chi connectivity index (χ2n) is 3.74. The Hall–Kier alpha value is -0.763. The summed E-state index contributed by atoms with van der Waals surface area (Å²) in [6.45, 7) is 3.21. The summed E-state index contributed by atoms with van der Waals surface area (Å²) >= 11 is 0. The molecule has 1 rings (SSSR count). The van der Waals surface area contributed by atoms with Crippen LogP contribution in [0.4, 0.5) is 0 Å². The van der Waals surface area contributed by atoms with Gasteiger partial charge in [0, 0.05) is 12.4 Å². The number of aryl methyl sites for hydroxylation is 1. The minimum atomic E-state index is -3.57. The molecule has 0 spiro atoms. The van der Waals surface area contributed by atoms with Crippen molar-refractivity contribution in [2.75, 3.05) is 0 Å². The van der Waals surface area contributed by atoms with Crippen molar-refractivity contribution in [3.63, 3.8) is 0 Å². The number of benzene rings is 1. The van der Waals surface area contributed by atoms with E-state index < -0.39 is 27.5 Å². The maximum atomic E-state index is 11.9. The molecule has 0 bridgehead atoms. The van der Waals surface area contributed by atoms with Crippen LogP contribution in [-0.4, -0.2) is 19.6 Å². The van der Waals surface area contributed by atoms with Crippen LogP contribution in [0.15, 0.2) is 29.2 Å². The number of carboxylic acids is 1. The predicted molar refractivity (Wildman–Crippen MR) is 57.5 cm³/mol. The van der Waals surface area contributed by atoms with Gasteiger partial charge in [0.25, 0.3) is 0 Å². The SMILES string of the molecule is Cc1ccc(S(=O)(=O)C(C)CC(=O)[O-])cc1.[Li+]. The first kappa shape index (κ1) is 16.2. The minimum Gasteiger partial charge on any atom is -0.550 e. The third kappa shape index (κ3) is 4.19. The summed E-state index contributed by atoms with van der Waals surface area (Å²) in [7, 11) is -3.57. The van der Waals surface area contributed by atoms with Gasteiger partial charge in [-0.2, -0.15) is 0 Å². The van der Waals surface area contributed by atoms with Gasteiger partial charge in [-0.3, -0.25) is 0 Å². The monoisotopic (exact) mass is 248 g/mol. The molecule has 0 amide bonds. The number of aliphatic carboxylic acids is 1. The molecule has 1 aromatic carbocycles. The van der Waals surface area contributed by atoms with E-state index >= 15 is 0 Å². The van der Waals surface area contributed by atoms with E-state index in [1.165, 1.54) is 19.1 Å². The Balaban J connectivity index is 0.00000256. The van der Waals surface area contributed by atoms with Crippen LogP contribution in [0.25, 0.3) is 0 Å². The van der Waals surface area contributed by atoms with Gasteiger partial charge in [-0.1, -0.05) is 17.7 Å². The zero-order valence-corrected chi connectivity index (χ0v) is 11.0. The summed E-state index contributed by atoms with van der Waals surface area (Å²) < 4.78 is 23.8. The number of hydrogen-bond acceptors (Lipinski definition) is 4. The van der Waals surface area contributed by atoms with E-state index in [1.54, 1.807) is 12.1 Å². The largest absolute Gasteiger partial charge is 1.00 e. The molecule has 0 saturated heterocycles. The molecule has 4 nitrogen and oxygen atoms in total. The van der Waals surface area contributed by atoms with Crippen LogP contribution in [0.3, 0.4) is 0 Å². The van der Waals surface area contributed by atoms with Crippen LogP contribution in [0.1, 0.15) is 18.9 Å². The van der Waals surface area contributed by atoms with Crippen LogP contribution in [0.2, 0.25) is 0 Å². The fourth-order valence-electron chi connectivity index (χ4n) is 1.30. The van der Waals surface area contributed by atoms with Crippen molar-refractivity contribution in [1.82, 2.24) is 0 Å². The fourth-order valence-corrected chi connectivity index (χ4v) is 2.64. The molecule has 88 valence electrons. The van der Waals surface area contributed by atoms with Crippen LogP contribution >= 0.6 is 0 Å². The Kier molecular flexibility index (Phi) is 5.97. The van der Waals surface area contributed by atoms with Crippen LogP contribution in [-0.2, 0) is 14.6 Å². The Bertz CT molecular complexity index is 479. The number of hydrogen-bond donors (Lipinski definition) is 0. The summed E-state index contributed by atoms with van der Waals surface area (Å²) in [5.41, 5.74) is 0.950. The summed E-state index contributed by atoms with van der Waals surface area (Å²) in [5, 5.41) is 9.39. The number of carboxylic acid groups (broad SMARTS) is 1. The number of carbonyl (C=O) groups excluding carboxylic acids is 1. The number of carbonyl (C=O) groups is 1. The molecule has 1 atom stereocenters. The van der Waals surface area contributed by atoms with Gasteiger partial charge >= 0.3 is 18.9 Å². The predicted octanol–water partition coefficient (Wildman–Crippen LogP) is -2.70. The summed E-state index contributed by atoms with van der Waals surface area (Å²) in [5.74, 6) is -1.36. The van der Waals surface area contributed by atoms with Crippen LogP contribution < -0.4 is 24.0 Å². The number of rotatable bonds is 4. The average molecular weight is 248 g/mol. The Morgan fingerprint density at radius 2 is 1.76 bits per heavy atom. The molecular formula is C11H13LiO4S. The maximum Gasteiger partial charge on any atom is 1.00 e. The van der Waals surface area contributed by atoms with E-state index in [0.29, 0.717) is 0 Å². The van der Waals surface area contributed by atoms with E-state index in [4.69, 9.17) is 0 Å². The first-order chi connectivity index (χ1) is 7.34. The normalized spacial score (nSPS) is 12.6. The van der Waals surface area contributed by atoms with E-state index in [2.05, 4.69) is 0 Å². The molecule has 0 fully saturated rings. The van der Waals surface area contributed by atoms with Gasteiger partial charge in [-0.05, 0) is 26.0 Å². The zero-order chi connectivity index (χ0) is 12.3. The van der Waals surface area contributed by atoms with E-state index in [1.807, 2.05) is 6.92 Å². The van der Waals surface area contributed by atoms with Crippen molar-refractivity contribution in [3.8, 4) is 0 Å². The molecule has 0 aliphatic heterocycles. The third-order valence-corrected chi connectivity index (χ3v) is 4.49. The molecule has 0 N–H and O–H groups in total. The molecule has 6 heteroatoms. The molecule has 17 heavy (non-hydrogen) atoms. The van der Waals surface area contributed by atoms with Crippen LogP contribution in [0.5, 0.6) is 0 Å². The zero-order valence-electron chi connectivity index (χ0n) is 10.1. The molecular weight excluding hydrogens is 235 g/mol. The Morgan fingerprint density at radius 3 is 2.18 bits per heavy atom. The van der Waals surface area contributed by atoms with Crippen molar-refractivity contribution in [1.29, 1.82) is 0 Å². The molecule has 1 aromatic rings. The molecule has 0 aliphatic rings. The molecule has 0 radical (unpaired) electrons. The van der Waals surface area contributed by atoms with Crippen molar-refractivity contribution >= 4 is 15.8 Å². The Morgan fingerprint density at radius 1 is 1.29 bits per heavy atom. The Labute approximate surface area is 113 Å². The van der Waals surface area contributed by atoms with Gasteiger partial charge < -0.3 is 9.90 Å². The summed E-state index contributed by atoms with van der Waals surface area (Å²) in [6.07, 6.45) is -0.490. The standard InChI is InChI=1S/C11H14O4S.Li/c1-8-3-5-10(6-4-8)16(14,15)9(2)7-11(12)13;/h3-6,9H,7H2,1-2H3,(H,12,13);/q;+1/p-1. The second-order valence-corrected chi connectivity index (χ2v) is 6.11. The van der Waals surface area contributed by atoms with Gasteiger partial charge in [0.05, 0.1) is 10.1 Å². The van der Waals surface area contributed by atoms with Gasteiger partial charge in [-0.15, -0.1) is 0 Å². The molecule has 0 heterocycles. The molecule has 1 unspecified atom stereocenters. The minimum absolute atomic E-state index is 0. The summed E-state index contributed by atoms with van der Waals surface area (Å²) in [4.78, 5) is 10.5. The molecule has 0 saturated carbocycles. The van der Waals surface area contributed by atoms with E-state index in [9.17, 15) is 18.3 Å². The first-order valence-electron chi connectivity index (χ1n) is 4.84. The van der Waals surface area contributed by atoms with Gasteiger partial charge in [0.2, 0.25) is 0 Å². The smallest absolute Gasteiger partial charge is 0.550 e. The van der Waals surface area contributed by atoms with E-state index in [-0.39, 0.29) is 23.8 Å². The average Bonchev–Trinajstić information content (AvgIpc) is 2.17. The second kappa shape index (κ2) is 6.25. The fraction of sp³-hybridized carbons (Fsp3) is 0.364. The van der Waals surface area contributed by atoms with Gasteiger partial charge in [-0.25, -0.2) is 8.42 Å². The third-order valence-electron chi connectivity index (χ3n) is 2.33. The van der Waals surface area contributed by atoms with Gasteiger partial charge in [0.1, 0.15) is 0 Å². The first-order valence-corrected chi connectivity index (χ1v) is 6.39. The van der Waals surface area contributed by atoms with E-state index in [0.717, 1.165) is 5.56 Å². The maximum absolute atomic E-state index is 11.9. The van der Waals surface area contributed by atoms with Gasteiger partial charge in [0.15, 0.2) is 9.84 Å². The van der Waals surface area contributed by atoms with Crippen molar-refractivity contribution in [3.05, 3.63) is 29.8 Å². The van der Waals surface area contributed by atoms with Crippen molar-refractivity contribution in [2.24, 2.45) is 0 Å². The summed E-state index contributed by atoms with van der Waals surface area (Å²) in [6, 6.07) is 6.32. The van der Waals surface area contributed by atoms with Crippen molar-refractivity contribution in [2.45, 2.75) is 30.4 Å². The quantitative estimate of drug-likeness (QED) is 0.543. The molecule has 0 aromatic heterocycles. The van der Waals surface area contributed by atoms with Crippen molar-refractivity contribution < 1.29 is 37.2 Å². The number of sulfone groups is 1.